The van der Waals surface area contributed by atoms with E-state index in [9.17, 15) is 4.79 Å². The van der Waals surface area contributed by atoms with Crippen LogP contribution >= 0.6 is 0 Å². The van der Waals surface area contributed by atoms with E-state index in [1.165, 1.54) is 0 Å². The fourth-order valence-electron chi connectivity index (χ4n) is 1.35. The Morgan fingerprint density at radius 3 is 2.81 bits per heavy atom. The van der Waals surface area contributed by atoms with Crippen molar-refractivity contribution in [2.24, 2.45) is 0 Å². The van der Waals surface area contributed by atoms with Gasteiger partial charge in [-0.15, -0.1) is 0 Å². The molecule has 0 bridgehead atoms. The fraction of sp³-hybridized carbons (Fsp3) is 0.417. The molecule has 0 aliphatic carbocycles. The van der Waals surface area contributed by atoms with Gasteiger partial charge in [0.1, 0.15) is 5.75 Å². The van der Waals surface area contributed by atoms with Crippen molar-refractivity contribution in [3.05, 3.63) is 24.3 Å². The van der Waals surface area contributed by atoms with E-state index in [-0.39, 0.29) is 0 Å². The molecule has 1 amide bonds. The minimum absolute atomic E-state index is 0.492. The summed E-state index contributed by atoms with van der Waals surface area (Å²) in [6.45, 7) is 2.74. The Morgan fingerprint density at radius 2 is 2.12 bits per heavy atom. The Morgan fingerprint density at radius 1 is 1.38 bits per heavy atom. The lowest BCUT2D eigenvalue weighted by molar-refractivity contribution is 0.209. The van der Waals surface area contributed by atoms with Crippen LogP contribution in [-0.2, 0) is 0 Å². The second kappa shape index (κ2) is 6.71. The topological polar surface area (TPSA) is 58.6 Å². The second-order valence-electron chi connectivity index (χ2n) is 3.48. The molecule has 4 heteroatoms. The maximum atomic E-state index is 10.5. The highest BCUT2D eigenvalue weighted by molar-refractivity contribution is 5.85. The average molecular weight is 223 g/mol. The van der Waals surface area contributed by atoms with Gasteiger partial charge in [-0.3, -0.25) is 5.32 Å². The average Bonchev–Trinajstić information content (AvgIpc) is 2.26. The van der Waals surface area contributed by atoms with Gasteiger partial charge in [-0.2, -0.15) is 0 Å². The van der Waals surface area contributed by atoms with Crippen LogP contribution in [0.3, 0.4) is 0 Å². The molecule has 0 saturated carbocycles. The van der Waals surface area contributed by atoms with Gasteiger partial charge in [-0.25, -0.2) is 4.79 Å². The van der Waals surface area contributed by atoms with E-state index < -0.39 is 6.09 Å². The summed E-state index contributed by atoms with van der Waals surface area (Å²) in [4.78, 5) is 10.5. The highest BCUT2D eigenvalue weighted by Crippen LogP contribution is 2.23. The molecule has 1 aromatic rings. The van der Waals surface area contributed by atoms with Crippen molar-refractivity contribution in [3.8, 4) is 5.75 Å². The molecule has 0 heterocycles. The lowest BCUT2D eigenvalue weighted by atomic mass is 10.2. The van der Waals surface area contributed by atoms with Gasteiger partial charge in [0.15, 0.2) is 0 Å². The number of rotatable bonds is 6. The predicted octanol–water partition coefficient (Wildman–Crippen LogP) is 3.35. The number of unbranched alkanes of at least 4 members (excludes halogenated alkanes) is 2. The van der Waals surface area contributed by atoms with Crippen LogP contribution in [-0.4, -0.2) is 17.8 Å². The van der Waals surface area contributed by atoms with Crippen LogP contribution < -0.4 is 10.1 Å². The first kappa shape index (κ1) is 12.4. The summed E-state index contributed by atoms with van der Waals surface area (Å²) < 4.78 is 5.51. The molecular weight excluding hydrogens is 206 g/mol. The van der Waals surface area contributed by atoms with E-state index in [0.29, 0.717) is 18.0 Å². The molecule has 0 radical (unpaired) electrons. The molecule has 0 atom stereocenters. The van der Waals surface area contributed by atoms with E-state index in [1.54, 1.807) is 18.2 Å². The third-order valence-corrected chi connectivity index (χ3v) is 2.13. The first-order valence-electron chi connectivity index (χ1n) is 5.45. The second-order valence-corrected chi connectivity index (χ2v) is 3.48. The van der Waals surface area contributed by atoms with Crippen molar-refractivity contribution < 1.29 is 14.6 Å². The molecular formula is C12H17NO3. The SMILES string of the molecule is CCCCCOc1ccccc1NC(=O)O. The van der Waals surface area contributed by atoms with Crippen LogP contribution in [0.25, 0.3) is 0 Å². The Bertz CT molecular complexity index is 339. The first-order valence-corrected chi connectivity index (χ1v) is 5.45. The predicted molar refractivity (Wildman–Crippen MR) is 63.1 cm³/mol. The Hall–Kier alpha value is -1.71. The summed E-state index contributed by atoms with van der Waals surface area (Å²) in [5.41, 5.74) is 0.492. The summed E-state index contributed by atoms with van der Waals surface area (Å²) in [5.74, 6) is 0.584. The minimum Gasteiger partial charge on any atom is -0.491 e. The van der Waals surface area contributed by atoms with Crippen LogP contribution in [0, 0.1) is 0 Å². The van der Waals surface area contributed by atoms with Gasteiger partial charge in [0.05, 0.1) is 12.3 Å². The third kappa shape index (κ3) is 4.21. The van der Waals surface area contributed by atoms with E-state index in [0.717, 1.165) is 19.3 Å². The maximum absolute atomic E-state index is 10.5. The van der Waals surface area contributed by atoms with E-state index in [4.69, 9.17) is 9.84 Å². The van der Waals surface area contributed by atoms with Crippen molar-refractivity contribution in [1.29, 1.82) is 0 Å². The highest BCUT2D eigenvalue weighted by Gasteiger charge is 2.04. The van der Waals surface area contributed by atoms with Crippen molar-refractivity contribution in [2.75, 3.05) is 11.9 Å². The summed E-state index contributed by atoms with van der Waals surface area (Å²) >= 11 is 0. The summed E-state index contributed by atoms with van der Waals surface area (Å²) in [5, 5.41) is 10.9. The fourth-order valence-corrected chi connectivity index (χ4v) is 1.35. The standard InChI is InChI=1S/C12H17NO3/c1-2-3-6-9-16-11-8-5-4-7-10(11)13-12(14)15/h4-5,7-8,13H,2-3,6,9H2,1H3,(H,14,15). The minimum atomic E-state index is -1.08. The zero-order chi connectivity index (χ0) is 11.8. The number of ether oxygens (including phenoxy) is 1. The molecule has 0 aliphatic heterocycles. The molecule has 1 aromatic carbocycles. The van der Waals surface area contributed by atoms with Gasteiger partial charge in [0, 0.05) is 0 Å². The van der Waals surface area contributed by atoms with Crippen molar-refractivity contribution >= 4 is 11.8 Å². The third-order valence-electron chi connectivity index (χ3n) is 2.13. The molecule has 88 valence electrons. The number of nitrogens with one attached hydrogen (secondary N) is 1. The van der Waals surface area contributed by atoms with E-state index in [1.807, 2.05) is 6.07 Å². The van der Waals surface area contributed by atoms with Gasteiger partial charge < -0.3 is 9.84 Å². The van der Waals surface area contributed by atoms with Crippen molar-refractivity contribution in [3.63, 3.8) is 0 Å². The Kier molecular flexibility index (Phi) is 5.19. The molecule has 0 aromatic heterocycles. The van der Waals surface area contributed by atoms with Crippen LogP contribution in [0.4, 0.5) is 10.5 Å². The molecule has 16 heavy (non-hydrogen) atoms. The molecule has 0 unspecified atom stereocenters. The highest BCUT2D eigenvalue weighted by atomic mass is 16.5. The Balaban J connectivity index is 2.53. The van der Waals surface area contributed by atoms with Gasteiger partial charge in [-0.05, 0) is 18.6 Å². The Labute approximate surface area is 95.2 Å². The summed E-state index contributed by atoms with van der Waals surface area (Å²) in [7, 11) is 0. The molecule has 0 saturated heterocycles. The smallest absolute Gasteiger partial charge is 0.409 e. The molecule has 0 spiro atoms. The number of benzene rings is 1. The van der Waals surface area contributed by atoms with Gasteiger partial charge in [-0.1, -0.05) is 31.9 Å². The molecule has 1 rings (SSSR count). The van der Waals surface area contributed by atoms with Crippen molar-refractivity contribution in [1.82, 2.24) is 0 Å². The quantitative estimate of drug-likeness (QED) is 0.727. The van der Waals surface area contributed by atoms with Gasteiger partial charge in [0.25, 0.3) is 0 Å². The first-order chi connectivity index (χ1) is 7.74. The van der Waals surface area contributed by atoms with Gasteiger partial charge >= 0.3 is 6.09 Å². The molecule has 2 N–H and O–H groups in total. The number of amides is 1. The van der Waals surface area contributed by atoms with Crippen LogP contribution in [0.5, 0.6) is 5.75 Å². The number of carbonyl (C=O) groups is 1. The number of hydrogen-bond acceptors (Lipinski definition) is 2. The summed E-state index contributed by atoms with van der Waals surface area (Å²) in [6, 6.07) is 7.03. The van der Waals surface area contributed by atoms with E-state index in [2.05, 4.69) is 12.2 Å². The monoisotopic (exact) mass is 223 g/mol. The van der Waals surface area contributed by atoms with Crippen LogP contribution in [0.2, 0.25) is 0 Å². The number of hydrogen-bond donors (Lipinski definition) is 2. The summed E-state index contributed by atoms with van der Waals surface area (Å²) in [6.07, 6.45) is 2.16. The molecule has 0 aliphatic rings. The largest absolute Gasteiger partial charge is 0.491 e. The zero-order valence-electron chi connectivity index (χ0n) is 9.40. The lowest BCUT2D eigenvalue weighted by Gasteiger charge is -2.10. The van der Waals surface area contributed by atoms with Crippen molar-refractivity contribution in [2.45, 2.75) is 26.2 Å². The van der Waals surface area contributed by atoms with E-state index >= 15 is 0 Å². The maximum Gasteiger partial charge on any atom is 0.409 e. The molecule has 0 fully saturated rings. The van der Waals surface area contributed by atoms with Gasteiger partial charge in [0.2, 0.25) is 0 Å². The number of para-hydroxylation sites is 2. The lowest BCUT2D eigenvalue weighted by Crippen LogP contribution is -2.09. The number of anilines is 1. The van der Waals surface area contributed by atoms with Crippen LogP contribution in [0.1, 0.15) is 26.2 Å². The number of carboxylic acid groups (broad SMARTS) is 1. The zero-order valence-corrected chi connectivity index (χ0v) is 9.40. The normalized spacial score (nSPS) is 9.81. The van der Waals surface area contributed by atoms with Crippen LogP contribution in [0.15, 0.2) is 24.3 Å². The molecule has 4 nitrogen and oxygen atoms in total.